The number of carbonyl (C=O) groups excluding carboxylic acids is 1. The SMILES string of the molecule is N#CCN(CC#N)CC(=O)c1cccc(Cl)c1. The lowest BCUT2D eigenvalue weighted by Crippen LogP contribution is -2.30. The molecule has 0 aliphatic heterocycles. The summed E-state index contributed by atoms with van der Waals surface area (Å²) in [5.74, 6) is -0.155. The maximum Gasteiger partial charge on any atom is 0.176 e. The maximum absolute atomic E-state index is 11.8. The van der Waals surface area contributed by atoms with Crippen molar-refractivity contribution in [2.24, 2.45) is 0 Å². The Labute approximate surface area is 105 Å². The van der Waals surface area contributed by atoms with E-state index in [4.69, 9.17) is 22.1 Å². The molecule has 0 fully saturated rings. The third-order valence-corrected chi connectivity index (χ3v) is 2.34. The molecule has 17 heavy (non-hydrogen) atoms. The van der Waals surface area contributed by atoms with Crippen LogP contribution in [0.4, 0.5) is 0 Å². The van der Waals surface area contributed by atoms with Gasteiger partial charge < -0.3 is 0 Å². The van der Waals surface area contributed by atoms with Crippen molar-refractivity contribution in [1.29, 1.82) is 10.5 Å². The first-order valence-electron chi connectivity index (χ1n) is 4.92. The van der Waals surface area contributed by atoms with Gasteiger partial charge >= 0.3 is 0 Å². The highest BCUT2D eigenvalue weighted by molar-refractivity contribution is 6.31. The number of hydrogen-bond donors (Lipinski definition) is 0. The van der Waals surface area contributed by atoms with Crippen LogP contribution in [-0.4, -0.2) is 30.3 Å². The van der Waals surface area contributed by atoms with Crippen LogP contribution in [0.1, 0.15) is 10.4 Å². The molecule has 4 nitrogen and oxygen atoms in total. The zero-order valence-corrected chi connectivity index (χ0v) is 9.81. The molecule has 0 aliphatic rings. The van der Waals surface area contributed by atoms with Gasteiger partial charge in [-0.3, -0.25) is 9.69 Å². The number of nitriles is 2. The highest BCUT2D eigenvalue weighted by Gasteiger charge is 2.12. The van der Waals surface area contributed by atoms with Gasteiger partial charge in [0.05, 0.1) is 31.8 Å². The van der Waals surface area contributed by atoms with Crippen LogP contribution in [0.2, 0.25) is 5.02 Å². The topological polar surface area (TPSA) is 67.9 Å². The Hall–Kier alpha value is -1.88. The molecule has 0 spiro atoms. The van der Waals surface area contributed by atoms with E-state index >= 15 is 0 Å². The minimum absolute atomic E-state index is 0.0431. The molecule has 0 saturated heterocycles. The first-order chi connectivity index (χ1) is 8.17. The van der Waals surface area contributed by atoms with Gasteiger partial charge in [-0.25, -0.2) is 0 Å². The van der Waals surface area contributed by atoms with E-state index in [9.17, 15) is 4.79 Å². The Morgan fingerprint density at radius 3 is 2.47 bits per heavy atom. The summed E-state index contributed by atoms with van der Waals surface area (Å²) >= 11 is 5.78. The summed E-state index contributed by atoms with van der Waals surface area (Å²) in [5.41, 5.74) is 0.485. The predicted octanol–water partition coefficient (Wildman–Crippen LogP) is 1.87. The Kier molecular flexibility index (Phi) is 5.16. The number of carbonyl (C=O) groups is 1. The summed E-state index contributed by atoms with van der Waals surface area (Å²) in [6, 6.07) is 10.4. The lowest BCUT2D eigenvalue weighted by molar-refractivity contribution is 0.0946. The minimum Gasteiger partial charge on any atom is -0.293 e. The molecule has 0 aliphatic carbocycles. The molecule has 1 aromatic carbocycles. The van der Waals surface area contributed by atoms with Crippen molar-refractivity contribution in [3.63, 3.8) is 0 Å². The first-order valence-corrected chi connectivity index (χ1v) is 5.30. The fraction of sp³-hybridized carbons (Fsp3) is 0.250. The number of nitrogens with zero attached hydrogens (tertiary/aromatic N) is 3. The van der Waals surface area contributed by atoms with E-state index in [1.807, 2.05) is 12.1 Å². The van der Waals surface area contributed by atoms with E-state index in [1.54, 1.807) is 24.3 Å². The highest BCUT2D eigenvalue weighted by Crippen LogP contribution is 2.11. The smallest absolute Gasteiger partial charge is 0.176 e. The van der Waals surface area contributed by atoms with E-state index < -0.39 is 0 Å². The number of halogens is 1. The summed E-state index contributed by atoms with van der Waals surface area (Å²) in [5, 5.41) is 17.6. The number of hydrogen-bond acceptors (Lipinski definition) is 4. The summed E-state index contributed by atoms with van der Waals surface area (Å²) in [6.07, 6.45) is 0. The van der Waals surface area contributed by atoms with Crippen LogP contribution in [0.5, 0.6) is 0 Å². The molecular weight excluding hydrogens is 238 g/mol. The quantitative estimate of drug-likeness (QED) is 0.588. The van der Waals surface area contributed by atoms with E-state index in [-0.39, 0.29) is 25.4 Å². The molecule has 0 aromatic heterocycles. The molecule has 0 N–H and O–H groups in total. The molecule has 0 bridgehead atoms. The molecule has 1 rings (SSSR count). The van der Waals surface area contributed by atoms with Crippen LogP contribution in [0.25, 0.3) is 0 Å². The number of ketones is 1. The molecular formula is C12H10ClN3O. The van der Waals surface area contributed by atoms with E-state index in [2.05, 4.69) is 0 Å². The van der Waals surface area contributed by atoms with Crippen molar-refractivity contribution in [3.05, 3.63) is 34.9 Å². The molecule has 0 amide bonds. The molecule has 1 aromatic rings. The zero-order valence-electron chi connectivity index (χ0n) is 9.06. The van der Waals surface area contributed by atoms with Crippen LogP contribution < -0.4 is 0 Å². The Morgan fingerprint density at radius 1 is 1.29 bits per heavy atom. The van der Waals surface area contributed by atoms with Gasteiger partial charge in [0.25, 0.3) is 0 Å². The van der Waals surface area contributed by atoms with Crippen LogP contribution in [0.3, 0.4) is 0 Å². The van der Waals surface area contributed by atoms with Gasteiger partial charge in [0.2, 0.25) is 0 Å². The summed E-state index contributed by atoms with van der Waals surface area (Å²) in [6.45, 7) is 0.154. The lowest BCUT2D eigenvalue weighted by Gasteiger charge is -2.13. The fourth-order valence-electron chi connectivity index (χ4n) is 1.32. The third-order valence-electron chi connectivity index (χ3n) is 2.10. The second-order valence-electron chi connectivity index (χ2n) is 3.39. The maximum atomic E-state index is 11.8. The number of benzene rings is 1. The highest BCUT2D eigenvalue weighted by atomic mass is 35.5. The largest absolute Gasteiger partial charge is 0.293 e. The Morgan fingerprint density at radius 2 is 1.94 bits per heavy atom. The van der Waals surface area contributed by atoms with E-state index in [0.29, 0.717) is 10.6 Å². The Bertz CT molecular complexity index is 471. The Balaban J connectivity index is 2.71. The third kappa shape index (κ3) is 4.24. The minimum atomic E-state index is -0.155. The van der Waals surface area contributed by atoms with Crippen LogP contribution in [0.15, 0.2) is 24.3 Å². The van der Waals surface area contributed by atoms with Gasteiger partial charge in [-0.05, 0) is 12.1 Å². The summed E-state index contributed by atoms with van der Waals surface area (Å²) < 4.78 is 0. The summed E-state index contributed by atoms with van der Waals surface area (Å²) in [4.78, 5) is 13.3. The van der Waals surface area contributed by atoms with Crippen LogP contribution in [0, 0.1) is 22.7 Å². The van der Waals surface area contributed by atoms with Crippen molar-refractivity contribution in [1.82, 2.24) is 4.90 Å². The van der Waals surface area contributed by atoms with Crippen molar-refractivity contribution in [2.75, 3.05) is 19.6 Å². The number of rotatable bonds is 5. The van der Waals surface area contributed by atoms with Crippen molar-refractivity contribution in [2.45, 2.75) is 0 Å². The monoisotopic (exact) mass is 247 g/mol. The van der Waals surface area contributed by atoms with Crippen LogP contribution in [-0.2, 0) is 0 Å². The molecule has 0 radical (unpaired) electrons. The van der Waals surface area contributed by atoms with Gasteiger partial charge in [0, 0.05) is 10.6 Å². The molecule has 0 saturated carbocycles. The first kappa shape index (κ1) is 13.2. The molecule has 0 atom stereocenters. The standard InChI is InChI=1S/C12H10ClN3O/c13-11-3-1-2-10(8-11)12(17)9-16(6-4-14)7-5-15/h1-3,8H,6-7,9H2. The molecule has 86 valence electrons. The van der Waals surface area contributed by atoms with Gasteiger partial charge in [-0.2, -0.15) is 10.5 Å². The van der Waals surface area contributed by atoms with Gasteiger partial charge in [0.15, 0.2) is 5.78 Å². The average molecular weight is 248 g/mol. The number of Topliss-reactive ketones (excluding diaryl/α,β-unsaturated/α-hetero) is 1. The zero-order chi connectivity index (χ0) is 12.7. The van der Waals surface area contributed by atoms with Gasteiger partial charge in [-0.1, -0.05) is 23.7 Å². The van der Waals surface area contributed by atoms with E-state index in [0.717, 1.165) is 0 Å². The second kappa shape index (κ2) is 6.65. The molecule has 0 unspecified atom stereocenters. The van der Waals surface area contributed by atoms with Crippen LogP contribution >= 0.6 is 11.6 Å². The van der Waals surface area contributed by atoms with E-state index in [1.165, 1.54) is 4.90 Å². The average Bonchev–Trinajstić information content (AvgIpc) is 2.29. The van der Waals surface area contributed by atoms with Crippen molar-refractivity contribution < 1.29 is 4.79 Å². The molecule has 0 heterocycles. The summed E-state index contributed by atoms with van der Waals surface area (Å²) in [7, 11) is 0. The van der Waals surface area contributed by atoms with Gasteiger partial charge in [-0.15, -0.1) is 0 Å². The molecule has 5 heteroatoms. The van der Waals surface area contributed by atoms with Crippen molar-refractivity contribution in [3.8, 4) is 12.1 Å². The second-order valence-corrected chi connectivity index (χ2v) is 3.83. The predicted molar refractivity (Wildman–Crippen MR) is 63.4 cm³/mol. The fourth-order valence-corrected chi connectivity index (χ4v) is 1.51. The van der Waals surface area contributed by atoms with Crippen molar-refractivity contribution >= 4 is 17.4 Å². The normalized spacial score (nSPS) is 9.65. The van der Waals surface area contributed by atoms with Gasteiger partial charge in [0.1, 0.15) is 0 Å². The lowest BCUT2D eigenvalue weighted by atomic mass is 10.1.